The van der Waals surface area contributed by atoms with Crippen LogP contribution >= 0.6 is 11.8 Å². The molecule has 0 aromatic carbocycles. The smallest absolute Gasteiger partial charge is 0.227 e. The summed E-state index contributed by atoms with van der Waals surface area (Å²) < 4.78 is 46.5. The van der Waals surface area contributed by atoms with Crippen molar-refractivity contribution >= 4 is 31.8 Å². The van der Waals surface area contributed by atoms with Gasteiger partial charge in [-0.15, -0.1) is 0 Å². The summed E-state index contributed by atoms with van der Waals surface area (Å²) in [5.74, 6) is 0.753. The van der Waals surface area contributed by atoms with Crippen molar-refractivity contribution in [3.05, 3.63) is 0 Å². The minimum absolute atomic E-state index is 0.0791. The van der Waals surface area contributed by atoms with Gasteiger partial charge in [0.2, 0.25) is 0 Å². The molecule has 1 heterocycles. The summed E-state index contributed by atoms with van der Waals surface area (Å²) in [4.78, 5) is 0. The van der Waals surface area contributed by atoms with Gasteiger partial charge in [-0.05, 0) is 0 Å². The Morgan fingerprint density at radius 1 is 1.40 bits per heavy atom. The summed E-state index contributed by atoms with van der Waals surface area (Å²) >= 11 is 1.42. The van der Waals surface area contributed by atoms with Crippen LogP contribution in [0.1, 0.15) is 6.92 Å². The van der Waals surface area contributed by atoms with Gasteiger partial charge in [0.15, 0.2) is 9.84 Å². The van der Waals surface area contributed by atoms with Crippen LogP contribution in [0.2, 0.25) is 0 Å². The quantitative estimate of drug-likeness (QED) is 0.712. The molecule has 0 amide bonds. The molecule has 0 saturated carbocycles. The Bertz CT molecular complexity index is 416. The van der Waals surface area contributed by atoms with Crippen molar-refractivity contribution in [2.75, 3.05) is 23.8 Å². The van der Waals surface area contributed by atoms with Gasteiger partial charge in [0, 0.05) is 23.8 Å². The summed E-state index contributed by atoms with van der Waals surface area (Å²) in [6.45, 7) is 1.66. The molecule has 6 nitrogen and oxygen atoms in total. The van der Waals surface area contributed by atoms with E-state index < -0.39 is 25.4 Å². The fraction of sp³-hybridized carbons (Fsp3) is 1.00. The van der Waals surface area contributed by atoms with Crippen molar-refractivity contribution in [2.45, 2.75) is 12.3 Å². The maximum Gasteiger partial charge on any atom is 0.278 e. The highest BCUT2D eigenvalue weighted by Gasteiger charge is 2.38. The van der Waals surface area contributed by atoms with Crippen molar-refractivity contribution in [2.24, 2.45) is 5.14 Å². The Labute approximate surface area is 94.3 Å². The van der Waals surface area contributed by atoms with Crippen molar-refractivity contribution < 1.29 is 16.8 Å². The molecule has 0 radical (unpaired) electrons. The summed E-state index contributed by atoms with van der Waals surface area (Å²) in [5, 5.41) is 3.97. The zero-order valence-corrected chi connectivity index (χ0v) is 10.7. The first-order valence-corrected chi connectivity index (χ1v) is 8.75. The monoisotopic (exact) mass is 274 g/mol. The van der Waals surface area contributed by atoms with Crippen LogP contribution in [-0.4, -0.2) is 50.3 Å². The Kier molecular flexibility index (Phi) is 4.04. The fourth-order valence-corrected chi connectivity index (χ4v) is 5.88. The largest absolute Gasteiger partial charge is 0.278 e. The number of hydrogen-bond acceptors (Lipinski definition) is 5. The Morgan fingerprint density at radius 3 is 2.47 bits per heavy atom. The van der Waals surface area contributed by atoms with Crippen molar-refractivity contribution in [1.82, 2.24) is 4.31 Å². The summed E-state index contributed by atoms with van der Waals surface area (Å²) in [6, 6.07) is 0. The topological polar surface area (TPSA) is 97.5 Å². The Hall–Kier alpha value is 0.170. The van der Waals surface area contributed by atoms with Crippen LogP contribution in [0.3, 0.4) is 0 Å². The predicted octanol–water partition coefficient (Wildman–Crippen LogP) is -1.00. The lowest BCUT2D eigenvalue weighted by Gasteiger charge is -2.31. The van der Waals surface area contributed by atoms with E-state index in [1.807, 2.05) is 0 Å². The van der Waals surface area contributed by atoms with E-state index in [-0.39, 0.29) is 18.1 Å². The van der Waals surface area contributed by atoms with Crippen LogP contribution in [0.4, 0.5) is 0 Å². The molecule has 0 aromatic rings. The lowest BCUT2D eigenvalue weighted by atomic mass is 10.6. The molecule has 1 saturated heterocycles. The number of nitrogens with two attached hydrogens (primary N) is 1. The SMILES string of the molecule is CCS(=O)(=O)C1CSCCN1S(N)(=O)=O. The number of thioether (sulfide) groups is 1. The third-order valence-electron chi connectivity index (χ3n) is 2.18. The van der Waals surface area contributed by atoms with Gasteiger partial charge >= 0.3 is 0 Å². The van der Waals surface area contributed by atoms with Gasteiger partial charge in [-0.1, -0.05) is 6.92 Å². The molecule has 1 aliphatic heterocycles. The molecule has 2 N–H and O–H groups in total. The third-order valence-corrected chi connectivity index (χ3v) is 6.69. The molecule has 9 heteroatoms. The molecule has 0 spiro atoms. The highest BCUT2D eigenvalue weighted by Crippen LogP contribution is 2.22. The molecule has 1 rings (SSSR count). The van der Waals surface area contributed by atoms with Gasteiger partial charge in [-0.2, -0.15) is 24.5 Å². The molecule has 1 unspecified atom stereocenters. The van der Waals surface area contributed by atoms with E-state index in [0.717, 1.165) is 4.31 Å². The van der Waals surface area contributed by atoms with Gasteiger partial charge in [0.25, 0.3) is 10.2 Å². The molecule has 1 fully saturated rings. The Morgan fingerprint density at radius 2 is 2.00 bits per heavy atom. The van der Waals surface area contributed by atoms with Crippen LogP contribution < -0.4 is 5.14 Å². The molecular weight excluding hydrogens is 260 g/mol. The summed E-state index contributed by atoms with van der Waals surface area (Å²) in [5.41, 5.74) is 0. The standard InChI is InChI=1S/C6H14N2O4S3/c1-2-14(9,10)6-5-13-4-3-8(6)15(7,11)12/h6H,2-5H2,1H3,(H2,7,11,12). The minimum atomic E-state index is -3.93. The summed E-state index contributed by atoms with van der Waals surface area (Å²) in [6.07, 6.45) is 0. The minimum Gasteiger partial charge on any atom is -0.227 e. The van der Waals surface area contributed by atoms with E-state index in [9.17, 15) is 16.8 Å². The third kappa shape index (κ3) is 3.06. The van der Waals surface area contributed by atoms with Crippen molar-refractivity contribution in [3.63, 3.8) is 0 Å². The second kappa shape index (κ2) is 4.58. The van der Waals surface area contributed by atoms with Crippen LogP contribution in [0.5, 0.6) is 0 Å². The van der Waals surface area contributed by atoms with E-state index in [4.69, 9.17) is 5.14 Å². The highest BCUT2D eigenvalue weighted by atomic mass is 32.2. The zero-order chi connectivity index (χ0) is 11.7. The van der Waals surface area contributed by atoms with Gasteiger partial charge in [-0.3, -0.25) is 0 Å². The van der Waals surface area contributed by atoms with Crippen LogP contribution in [0, 0.1) is 0 Å². The molecule has 0 aliphatic carbocycles. The second-order valence-corrected chi connectivity index (χ2v) is 8.23. The van der Waals surface area contributed by atoms with Gasteiger partial charge in [0.1, 0.15) is 5.37 Å². The zero-order valence-electron chi connectivity index (χ0n) is 8.29. The number of hydrogen-bond donors (Lipinski definition) is 1. The first-order valence-electron chi connectivity index (χ1n) is 4.38. The van der Waals surface area contributed by atoms with Gasteiger partial charge < -0.3 is 0 Å². The lowest BCUT2D eigenvalue weighted by molar-refractivity contribution is 0.404. The van der Waals surface area contributed by atoms with Gasteiger partial charge in [0.05, 0.1) is 0 Å². The number of sulfone groups is 1. The van der Waals surface area contributed by atoms with E-state index in [1.54, 1.807) is 0 Å². The maximum atomic E-state index is 11.6. The molecule has 90 valence electrons. The average Bonchev–Trinajstić information content (AvgIpc) is 2.16. The first-order chi connectivity index (χ1) is 6.79. The van der Waals surface area contributed by atoms with Crippen LogP contribution in [0.25, 0.3) is 0 Å². The molecular formula is C6H14N2O4S3. The highest BCUT2D eigenvalue weighted by molar-refractivity contribution is 8.01. The van der Waals surface area contributed by atoms with E-state index in [2.05, 4.69) is 0 Å². The number of nitrogens with zero attached hydrogens (tertiary/aromatic N) is 1. The van der Waals surface area contributed by atoms with Crippen LogP contribution in [0.15, 0.2) is 0 Å². The molecule has 0 bridgehead atoms. The van der Waals surface area contributed by atoms with E-state index in [0.29, 0.717) is 5.75 Å². The molecule has 15 heavy (non-hydrogen) atoms. The average molecular weight is 274 g/mol. The lowest BCUT2D eigenvalue weighted by Crippen LogP contribution is -2.52. The molecule has 1 atom stereocenters. The summed E-state index contributed by atoms with van der Waals surface area (Å²) in [7, 11) is -7.34. The van der Waals surface area contributed by atoms with Crippen molar-refractivity contribution in [1.29, 1.82) is 0 Å². The molecule has 0 aromatic heterocycles. The van der Waals surface area contributed by atoms with Crippen molar-refractivity contribution in [3.8, 4) is 0 Å². The predicted molar refractivity (Wildman–Crippen MR) is 60.4 cm³/mol. The molecule has 1 aliphatic rings. The van der Waals surface area contributed by atoms with Gasteiger partial charge in [-0.25, -0.2) is 13.6 Å². The normalized spacial score (nSPS) is 25.3. The second-order valence-electron chi connectivity index (χ2n) is 3.14. The number of rotatable bonds is 3. The fourth-order valence-electron chi connectivity index (χ4n) is 1.33. The van der Waals surface area contributed by atoms with Crippen LogP contribution in [-0.2, 0) is 20.0 Å². The van der Waals surface area contributed by atoms with E-state index in [1.165, 1.54) is 18.7 Å². The first kappa shape index (κ1) is 13.2. The Balaban J connectivity index is 3.05. The van der Waals surface area contributed by atoms with E-state index >= 15 is 0 Å². The maximum absolute atomic E-state index is 11.6.